The SMILES string of the molecule is O=S(=O)([O-])C(F)(F)C(F)(F)C(F)(F)CCCC(F)(F)F.[K+]. The van der Waals surface area contributed by atoms with E-state index in [2.05, 4.69) is 0 Å². The van der Waals surface area contributed by atoms with E-state index in [1.54, 1.807) is 0 Å². The van der Waals surface area contributed by atoms with Crippen molar-refractivity contribution in [3.63, 3.8) is 0 Å². The van der Waals surface area contributed by atoms with Crippen LogP contribution in [0.2, 0.25) is 0 Å². The molecule has 3 nitrogen and oxygen atoms in total. The first-order valence-electron chi connectivity index (χ1n) is 4.61. The van der Waals surface area contributed by atoms with Crippen molar-refractivity contribution in [2.45, 2.75) is 42.5 Å². The summed E-state index contributed by atoms with van der Waals surface area (Å²) in [6, 6.07) is 0. The van der Waals surface area contributed by atoms with Crippen LogP contribution in [-0.4, -0.2) is 36.2 Å². The number of halogens is 9. The van der Waals surface area contributed by atoms with Gasteiger partial charge in [0.25, 0.3) is 0 Å². The van der Waals surface area contributed by atoms with Gasteiger partial charge in [0.15, 0.2) is 10.1 Å². The molecular weight excluding hydrogens is 374 g/mol. The van der Waals surface area contributed by atoms with Gasteiger partial charge < -0.3 is 4.55 Å². The molecular formula is C7H6F9KO3S. The molecule has 122 valence electrons. The zero-order valence-corrected chi connectivity index (χ0v) is 14.1. The summed E-state index contributed by atoms with van der Waals surface area (Å²) in [4.78, 5) is 0. The second kappa shape index (κ2) is 7.21. The molecule has 0 N–H and O–H groups in total. The Morgan fingerprint density at radius 3 is 1.48 bits per heavy atom. The minimum Gasteiger partial charge on any atom is -0.743 e. The fraction of sp³-hybridized carbons (Fsp3) is 1.00. The van der Waals surface area contributed by atoms with E-state index in [0.29, 0.717) is 0 Å². The van der Waals surface area contributed by atoms with E-state index in [9.17, 15) is 52.5 Å². The van der Waals surface area contributed by atoms with E-state index in [1.165, 1.54) is 0 Å². The van der Waals surface area contributed by atoms with Crippen molar-refractivity contribution in [1.82, 2.24) is 0 Å². The van der Waals surface area contributed by atoms with Gasteiger partial charge in [-0.15, -0.1) is 0 Å². The van der Waals surface area contributed by atoms with Gasteiger partial charge in [0.1, 0.15) is 0 Å². The standard InChI is InChI=1S/C7H7F9O3S.K/c8-4(9,2-1-3-5(10,11)12)6(13,14)7(15,16)20(17,18)19;/h1-3H2,(H,17,18,19);/q;+1/p-1. The Morgan fingerprint density at radius 1 is 0.810 bits per heavy atom. The molecule has 21 heavy (non-hydrogen) atoms. The normalized spacial score (nSPS) is 14.8. The summed E-state index contributed by atoms with van der Waals surface area (Å²) >= 11 is 0. The second-order valence-corrected chi connectivity index (χ2v) is 5.14. The molecule has 0 spiro atoms. The minimum atomic E-state index is -7.13. The molecule has 0 rings (SSSR count). The first-order valence-corrected chi connectivity index (χ1v) is 6.02. The zero-order chi connectivity index (χ0) is 16.6. The molecule has 0 aliphatic heterocycles. The van der Waals surface area contributed by atoms with Crippen LogP contribution in [0.3, 0.4) is 0 Å². The maximum Gasteiger partial charge on any atom is 1.00 e. The fourth-order valence-electron chi connectivity index (χ4n) is 1.04. The molecule has 0 unspecified atom stereocenters. The van der Waals surface area contributed by atoms with E-state index in [1.807, 2.05) is 0 Å². The van der Waals surface area contributed by atoms with Crippen molar-refractivity contribution in [3.8, 4) is 0 Å². The Bertz CT molecular complexity index is 445. The first kappa shape index (κ1) is 24.2. The number of alkyl halides is 9. The molecule has 0 saturated carbocycles. The Balaban J connectivity index is 0. The molecule has 0 radical (unpaired) electrons. The maximum absolute atomic E-state index is 12.8. The van der Waals surface area contributed by atoms with Crippen LogP contribution in [0.1, 0.15) is 19.3 Å². The molecule has 0 fully saturated rings. The molecule has 0 heterocycles. The quantitative estimate of drug-likeness (QED) is 0.374. The Kier molecular flexibility index (Phi) is 8.30. The molecule has 0 amide bonds. The summed E-state index contributed by atoms with van der Waals surface area (Å²) in [5.41, 5.74) is 0. The van der Waals surface area contributed by atoms with E-state index in [4.69, 9.17) is 0 Å². The monoisotopic (exact) mass is 380 g/mol. The van der Waals surface area contributed by atoms with Gasteiger partial charge in [-0.1, -0.05) is 0 Å². The Labute approximate surface area is 155 Å². The number of hydrogen-bond donors (Lipinski definition) is 0. The van der Waals surface area contributed by atoms with Gasteiger partial charge in [-0.25, -0.2) is 8.42 Å². The number of rotatable bonds is 6. The van der Waals surface area contributed by atoms with Crippen LogP contribution in [0.5, 0.6) is 0 Å². The third-order valence-electron chi connectivity index (χ3n) is 2.09. The summed E-state index contributed by atoms with van der Waals surface area (Å²) in [6.45, 7) is 0. The van der Waals surface area contributed by atoms with Gasteiger partial charge in [0, 0.05) is 12.8 Å². The van der Waals surface area contributed by atoms with Crippen molar-refractivity contribution in [3.05, 3.63) is 0 Å². The topological polar surface area (TPSA) is 57.2 Å². The van der Waals surface area contributed by atoms with Crippen LogP contribution < -0.4 is 51.4 Å². The summed E-state index contributed by atoms with van der Waals surface area (Å²) in [5, 5.41) is -6.65. The van der Waals surface area contributed by atoms with Crippen LogP contribution in [0.25, 0.3) is 0 Å². The van der Waals surface area contributed by atoms with E-state index >= 15 is 0 Å². The smallest absolute Gasteiger partial charge is 0.743 e. The van der Waals surface area contributed by atoms with Crippen molar-refractivity contribution in [2.75, 3.05) is 0 Å². The average molecular weight is 380 g/mol. The molecule has 0 atom stereocenters. The molecule has 0 aliphatic rings. The van der Waals surface area contributed by atoms with Crippen LogP contribution in [0.4, 0.5) is 39.5 Å². The largest absolute Gasteiger partial charge is 1.00 e. The van der Waals surface area contributed by atoms with Gasteiger partial charge in [0.05, 0.1) is 0 Å². The van der Waals surface area contributed by atoms with Crippen molar-refractivity contribution in [2.24, 2.45) is 0 Å². The fourth-order valence-corrected chi connectivity index (χ4v) is 1.50. The first-order chi connectivity index (χ1) is 8.46. The average Bonchev–Trinajstić information content (AvgIpc) is 2.12. The molecule has 0 aromatic heterocycles. The van der Waals surface area contributed by atoms with E-state index in [0.717, 1.165) is 0 Å². The molecule has 14 heteroatoms. The molecule has 0 aromatic rings. The van der Waals surface area contributed by atoms with Crippen molar-refractivity contribution < 1.29 is 104 Å². The minimum absolute atomic E-state index is 0. The predicted octanol–water partition coefficient (Wildman–Crippen LogP) is 0.132. The molecule has 0 saturated heterocycles. The summed E-state index contributed by atoms with van der Waals surface area (Å²) in [5.74, 6) is -12.4. The van der Waals surface area contributed by atoms with Crippen LogP contribution >= 0.6 is 0 Å². The van der Waals surface area contributed by atoms with Gasteiger partial charge in [-0.05, 0) is 6.42 Å². The summed E-state index contributed by atoms with van der Waals surface area (Å²) in [6.07, 6.45) is -11.0. The van der Waals surface area contributed by atoms with Gasteiger partial charge in [-0.3, -0.25) is 0 Å². The predicted molar refractivity (Wildman–Crippen MR) is 44.4 cm³/mol. The van der Waals surface area contributed by atoms with E-state index < -0.39 is 52.7 Å². The maximum atomic E-state index is 12.8. The van der Waals surface area contributed by atoms with Crippen molar-refractivity contribution in [1.29, 1.82) is 0 Å². The summed E-state index contributed by atoms with van der Waals surface area (Å²) < 4.78 is 141. The Hall–Kier alpha value is 0.916. The summed E-state index contributed by atoms with van der Waals surface area (Å²) in [7, 11) is -7.13. The number of hydrogen-bond acceptors (Lipinski definition) is 3. The third-order valence-corrected chi connectivity index (χ3v) is 2.97. The van der Waals surface area contributed by atoms with Crippen LogP contribution in [0.15, 0.2) is 0 Å². The Morgan fingerprint density at radius 2 is 1.19 bits per heavy atom. The molecule has 0 aliphatic carbocycles. The second-order valence-electron chi connectivity index (χ2n) is 3.72. The van der Waals surface area contributed by atoms with Crippen molar-refractivity contribution >= 4 is 10.1 Å². The zero-order valence-electron chi connectivity index (χ0n) is 10.2. The van der Waals surface area contributed by atoms with Gasteiger partial charge in [-0.2, -0.15) is 39.5 Å². The van der Waals surface area contributed by atoms with Gasteiger partial charge >= 0.3 is 74.7 Å². The van der Waals surface area contributed by atoms with Crippen LogP contribution in [0, 0.1) is 0 Å². The van der Waals surface area contributed by atoms with E-state index in [-0.39, 0.29) is 51.4 Å². The van der Waals surface area contributed by atoms with Gasteiger partial charge in [0.2, 0.25) is 0 Å². The van der Waals surface area contributed by atoms with Crippen LogP contribution in [-0.2, 0) is 10.1 Å². The molecule has 0 bridgehead atoms. The third kappa shape index (κ3) is 5.80. The molecule has 0 aromatic carbocycles.